The summed E-state index contributed by atoms with van der Waals surface area (Å²) < 4.78 is 0. The molecule has 0 spiro atoms. The monoisotopic (exact) mass is 374 g/mol. The van der Waals surface area contributed by atoms with E-state index < -0.39 is 0 Å². The van der Waals surface area contributed by atoms with E-state index in [0.29, 0.717) is 0 Å². The molecule has 3 aromatic rings. The molecule has 144 valence electrons. The Labute approximate surface area is 166 Å². The van der Waals surface area contributed by atoms with Crippen LogP contribution < -0.4 is 5.73 Å². The van der Waals surface area contributed by atoms with Crippen molar-refractivity contribution in [2.45, 2.75) is 25.8 Å². The first kappa shape index (κ1) is 19.7. The number of carbonyl (C=O) groups is 1. The minimum absolute atomic E-state index is 0.0414. The third-order valence-corrected chi connectivity index (χ3v) is 4.94. The molecule has 2 heterocycles. The van der Waals surface area contributed by atoms with Crippen LogP contribution >= 0.6 is 0 Å². The van der Waals surface area contributed by atoms with Gasteiger partial charge in [0.2, 0.25) is 5.91 Å². The van der Waals surface area contributed by atoms with E-state index >= 15 is 0 Å². The molecule has 2 N–H and O–H groups in total. The quantitative estimate of drug-likeness (QED) is 0.625. The third kappa shape index (κ3) is 5.47. The summed E-state index contributed by atoms with van der Waals surface area (Å²) in [5, 5.41) is 0. The van der Waals surface area contributed by atoms with Crippen LogP contribution in [0.3, 0.4) is 0 Å². The maximum atomic E-state index is 11.9. The Morgan fingerprint density at radius 2 is 1.79 bits per heavy atom. The summed E-state index contributed by atoms with van der Waals surface area (Å²) >= 11 is 0. The fourth-order valence-electron chi connectivity index (χ4n) is 3.51. The van der Waals surface area contributed by atoms with Crippen molar-refractivity contribution in [1.29, 1.82) is 0 Å². The largest absolute Gasteiger partial charge is 0.369 e. The highest BCUT2D eigenvalue weighted by Crippen LogP contribution is 2.28. The normalized spacial score (nSPS) is 12.1. The molecule has 0 aliphatic rings. The van der Waals surface area contributed by atoms with Gasteiger partial charge in [0.05, 0.1) is 6.54 Å². The predicted octanol–water partition coefficient (Wildman–Crippen LogP) is 3.10. The fourth-order valence-corrected chi connectivity index (χ4v) is 3.51. The molecule has 3 rings (SSSR count). The van der Waals surface area contributed by atoms with Crippen LogP contribution in [0.5, 0.6) is 0 Å². The lowest BCUT2D eigenvalue weighted by Crippen LogP contribution is -2.39. The number of amides is 1. The third-order valence-electron chi connectivity index (χ3n) is 4.94. The number of pyridine rings is 2. The van der Waals surface area contributed by atoms with E-state index in [4.69, 9.17) is 5.73 Å². The number of aryl methyl sites for hydroxylation is 1. The molecule has 5 nitrogen and oxygen atoms in total. The van der Waals surface area contributed by atoms with Crippen molar-refractivity contribution in [3.8, 4) is 0 Å². The van der Waals surface area contributed by atoms with Gasteiger partial charge >= 0.3 is 0 Å². The summed E-state index contributed by atoms with van der Waals surface area (Å²) in [6, 6.07) is 16.4. The number of rotatable bonds is 9. The number of nitrogens with zero attached hydrogens (tertiary/aromatic N) is 3. The minimum atomic E-state index is -0.320. The number of hydrogen-bond acceptors (Lipinski definition) is 4. The molecule has 0 aliphatic heterocycles. The fraction of sp³-hybridized carbons (Fsp3) is 0.261. The topological polar surface area (TPSA) is 72.1 Å². The average molecular weight is 374 g/mol. The van der Waals surface area contributed by atoms with Gasteiger partial charge in [-0.2, -0.15) is 0 Å². The summed E-state index contributed by atoms with van der Waals surface area (Å²) in [5.74, 6) is -0.320. The lowest BCUT2D eigenvalue weighted by atomic mass is 9.94. The number of carbonyl (C=O) groups excluding carboxylic acids is 1. The number of aromatic nitrogens is 2. The van der Waals surface area contributed by atoms with Crippen LogP contribution in [0.2, 0.25) is 0 Å². The number of primary amides is 1. The Morgan fingerprint density at radius 3 is 2.46 bits per heavy atom. The van der Waals surface area contributed by atoms with Crippen LogP contribution in [-0.4, -0.2) is 33.9 Å². The van der Waals surface area contributed by atoms with Gasteiger partial charge in [0.25, 0.3) is 0 Å². The molecule has 1 unspecified atom stereocenters. The van der Waals surface area contributed by atoms with Crippen molar-refractivity contribution >= 4 is 5.91 Å². The molecule has 0 fully saturated rings. The second kappa shape index (κ2) is 9.76. The summed E-state index contributed by atoms with van der Waals surface area (Å²) in [5.41, 5.74) is 10.3. The van der Waals surface area contributed by atoms with Crippen molar-refractivity contribution in [3.05, 3.63) is 95.6 Å². The second-order valence-corrected chi connectivity index (χ2v) is 6.98. The molecule has 0 saturated carbocycles. The van der Waals surface area contributed by atoms with Crippen molar-refractivity contribution in [2.75, 3.05) is 13.1 Å². The number of benzene rings is 1. The summed E-state index contributed by atoms with van der Waals surface area (Å²) in [7, 11) is 0. The van der Waals surface area contributed by atoms with Gasteiger partial charge in [-0.05, 0) is 60.2 Å². The van der Waals surface area contributed by atoms with Gasteiger partial charge in [0, 0.05) is 37.4 Å². The van der Waals surface area contributed by atoms with Gasteiger partial charge in [0.1, 0.15) is 0 Å². The van der Waals surface area contributed by atoms with Crippen LogP contribution in [0, 0.1) is 6.92 Å². The SMILES string of the molecule is Cc1ccccc1C(Cc1cccnc1)N(CCc1ccncc1)CC(N)=O. The molecule has 5 heteroatoms. The Balaban J connectivity index is 1.90. The smallest absolute Gasteiger partial charge is 0.231 e. The first-order valence-electron chi connectivity index (χ1n) is 9.49. The van der Waals surface area contributed by atoms with E-state index in [1.54, 1.807) is 18.6 Å². The van der Waals surface area contributed by atoms with E-state index in [1.165, 1.54) is 16.7 Å². The minimum Gasteiger partial charge on any atom is -0.369 e. The Hall–Kier alpha value is -3.05. The van der Waals surface area contributed by atoms with Crippen molar-refractivity contribution in [1.82, 2.24) is 14.9 Å². The summed E-state index contributed by atoms with van der Waals surface area (Å²) in [6.45, 7) is 3.05. The molecule has 0 bridgehead atoms. The first-order valence-corrected chi connectivity index (χ1v) is 9.49. The van der Waals surface area contributed by atoms with E-state index in [1.807, 2.05) is 36.5 Å². The van der Waals surface area contributed by atoms with Crippen LogP contribution in [-0.2, 0) is 17.6 Å². The van der Waals surface area contributed by atoms with E-state index in [9.17, 15) is 4.79 Å². The summed E-state index contributed by atoms with van der Waals surface area (Å²) in [4.78, 5) is 22.4. The van der Waals surface area contributed by atoms with Crippen molar-refractivity contribution in [3.63, 3.8) is 0 Å². The maximum Gasteiger partial charge on any atom is 0.231 e. The molecule has 0 saturated heterocycles. The van der Waals surface area contributed by atoms with E-state index in [-0.39, 0.29) is 18.5 Å². The lowest BCUT2D eigenvalue weighted by Gasteiger charge is -2.32. The van der Waals surface area contributed by atoms with Crippen molar-refractivity contribution < 1.29 is 4.79 Å². The van der Waals surface area contributed by atoms with Crippen LogP contribution in [0.1, 0.15) is 28.3 Å². The van der Waals surface area contributed by atoms with Crippen LogP contribution in [0.25, 0.3) is 0 Å². The van der Waals surface area contributed by atoms with E-state index in [0.717, 1.165) is 24.9 Å². The molecule has 0 aliphatic carbocycles. The lowest BCUT2D eigenvalue weighted by molar-refractivity contribution is -0.119. The molecule has 1 aromatic carbocycles. The van der Waals surface area contributed by atoms with Crippen molar-refractivity contribution in [2.24, 2.45) is 5.73 Å². The van der Waals surface area contributed by atoms with Gasteiger partial charge in [-0.15, -0.1) is 0 Å². The number of hydrogen-bond donors (Lipinski definition) is 1. The second-order valence-electron chi connectivity index (χ2n) is 6.98. The van der Waals surface area contributed by atoms with Crippen LogP contribution in [0.15, 0.2) is 73.3 Å². The predicted molar refractivity (Wildman–Crippen MR) is 111 cm³/mol. The highest BCUT2D eigenvalue weighted by atomic mass is 16.1. The maximum absolute atomic E-state index is 11.9. The van der Waals surface area contributed by atoms with Gasteiger partial charge in [0.15, 0.2) is 0 Å². The zero-order chi connectivity index (χ0) is 19.8. The molecule has 2 aromatic heterocycles. The number of nitrogens with two attached hydrogens (primary N) is 1. The standard InChI is InChI=1S/C23H26N4O/c1-18-5-2-3-7-21(18)22(15-20-6-4-11-26-16-20)27(17-23(24)28)14-10-19-8-12-25-13-9-19/h2-9,11-13,16,22H,10,14-15,17H2,1H3,(H2,24,28). The Bertz CT molecular complexity index is 883. The molecular formula is C23H26N4O. The van der Waals surface area contributed by atoms with Gasteiger partial charge < -0.3 is 5.73 Å². The highest BCUT2D eigenvalue weighted by Gasteiger charge is 2.23. The molecule has 1 amide bonds. The zero-order valence-corrected chi connectivity index (χ0v) is 16.2. The van der Waals surface area contributed by atoms with Crippen LogP contribution in [0.4, 0.5) is 0 Å². The highest BCUT2D eigenvalue weighted by molar-refractivity contribution is 5.76. The zero-order valence-electron chi connectivity index (χ0n) is 16.2. The average Bonchev–Trinajstić information content (AvgIpc) is 2.71. The van der Waals surface area contributed by atoms with Gasteiger partial charge in [-0.3, -0.25) is 19.7 Å². The molecule has 28 heavy (non-hydrogen) atoms. The van der Waals surface area contributed by atoms with Gasteiger partial charge in [-0.1, -0.05) is 30.3 Å². The first-order chi connectivity index (χ1) is 13.6. The Morgan fingerprint density at radius 1 is 1.00 bits per heavy atom. The molecular weight excluding hydrogens is 348 g/mol. The Kier molecular flexibility index (Phi) is 6.87. The van der Waals surface area contributed by atoms with Gasteiger partial charge in [-0.25, -0.2) is 0 Å². The summed E-state index contributed by atoms with van der Waals surface area (Å²) in [6.07, 6.45) is 8.84. The molecule has 0 radical (unpaired) electrons. The van der Waals surface area contributed by atoms with E-state index in [2.05, 4.69) is 40.0 Å². The molecule has 1 atom stereocenters.